The van der Waals surface area contributed by atoms with E-state index in [4.69, 9.17) is 0 Å². The van der Waals surface area contributed by atoms with Crippen LogP contribution in [0.25, 0.3) is 10.9 Å². The fourth-order valence-corrected chi connectivity index (χ4v) is 2.40. The molecule has 0 atom stereocenters. The standard InChI is InChI=1S/C12H14N2O2S/c1-8-6-9(2)13-12-5-4-10(7-11(8)12)14-17(3,15)16/h4-7,14H,1-3H3. The highest BCUT2D eigenvalue weighted by Gasteiger charge is 2.05. The zero-order valence-electron chi connectivity index (χ0n) is 9.98. The molecule has 5 heteroatoms. The number of benzene rings is 1. The number of aromatic nitrogens is 1. The van der Waals surface area contributed by atoms with Crippen molar-refractivity contribution < 1.29 is 8.42 Å². The summed E-state index contributed by atoms with van der Waals surface area (Å²) in [6, 6.07) is 7.32. The van der Waals surface area contributed by atoms with Crippen LogP contribution in [0.1, 0.15) is 11.3 Å². The summed E-state index contributed by atoms with van der Waals surface area (Å²) in [5.74, 6) is 0. The number of nitrogens with one attached hydrogen (secondary N) is 1. The Morgan fingerprint density at radius 2 is 1.88 bits per heavy atom. The first-order valence-electron chi connectivity index (χ1n) is 5.21. The number of hydrogen-bond donors (Lipinski definition) is 1. The molecule has 4 nitrogen and oxygen atoms in total. The lowest BCUT2D eigenvalue weighted by Crippen LogP contribution is -2.09. The van der Waals surface area contributed by atoms with Gasteiger partial charge in [0.05, 0.1) is 11.8 Å². The van der Waals surface area contributed by atoms with Crippen molar-refractivity contribution in [2.24, 2.45) is 0 Å². The summed E-state index contributed by atoms with van der Waals surface area (Å²) in [6.07, 6.45) is 1.14. The largest absolute Gasteiger partial charge is 0.284 e. The van der Waals surface area contributed by atoms with Crippen LogP contribution in [0.5, 0.6) is 0 Å². The van der Waals surface area contributed by atoms with Crippen LogP contribution < -0.4 is 4.72 Å². The zero-order valence-corrected chi connectivity index (χ0v) is 10.8. The van der Waals surface area contributed by atoms with Crippen molar-refractivity contribution in [1.29, 1.82) is 0 Å². The van der Waals surface area contributed by atoms with E-state index in [1.165, 1.54) is 0 Å². The van der Waals surface area contributed by atoms with Crippen LogP contribution in [0.2, 0.25) is 0 Å². The van der Waals surface area contributed by atoms with Crippen LogP contribution in [-0.2, 0) is 10.0 Å². The Bertz CT molecular complexity index is 678. The monoisotopic (exact) mass is 250 g/mol. The number of rotatable bonds is 2. The van der Waals surface area contributed by atoms with Crippen LogP contribution in [0.3, 0.4) is 0 Å². The molecule has 0 aliphatic carbocycles. The van der Waals surface area contributed by atoms with E-state index >= 15 is 0 Å². The molecule has 0 aliphatic heterocycles. The number of sulfonamides is 1. The van der Waals surface area contributed by atoms with Gasteiger partial charge in [0.2, 0.25) is 10.0 Å². The Hall–Kier alpha value is -1.62. The lowest BCUT2D eigenvalue weighted by molar-refractivity contribution is 0.607. The van der Waals surface area contributed by atoms with Gasteiger partial charge in [0.15, 0.2) is 0 Å². The van der Waals surface area contributed by atoms with Crippen LogP contribution in [0.4, 0.5) is 5.69 Å². The second-order valence-corrected chi connectivity index (χ2v) is 5.94. The number of nitrogens with zero attached hydrogens (tertiary/aromatic N) is 1. The molecule has 0 spiro atoms. The molecule has 0 radical (unpaired) electrons. The second kappa shape index (κ2) is 4.00. The Kier molecular flexibility index (Phi) is 2.79. The fourth-order valence-electron chi connectivity index (χ4n) is 1.84. The Labute approximate surface area is 101 Å². The lowest BCUT2D eigenvalue weighted by Gasteiger charge is -2.07. The van der Waals surface area contributed by atoms with Crippen molar-refractivity contribution in [2.45, 2.75) is 13.8 Å². The fraction of sp³-hybridized carbons (Fsp3) is 0.250. The number of anilines is 1. The SMILES string of the molecule is Cc1cc(C)c2cc(NS(C)(=O)=O)ccc2n1. The predicted octanol–water partition coefficient (Wildman–Crippen LogP) is 2.22. The van der Waals surface area contributed by atoms with Crippen LogP contribution in [-0.4, -0.2) is 19.7 Å². The molecule has 1 aromatic heterocycles. The molecule has 90 valence electrons. The van der Waals surface area contributed by atoms with Gasteiger partial charge in [0.1, 0.15) is 0 Å². The quantitative estimate of drug-likeness (QED) is 0.889. The summed E-state index contributed by atoms with van der Waals surface area (Å²) in [4.78, 5) is 4.40. The Morgan fingerprint density at radius 1 is 1.18 bits per heavy atom. The molecule has 0 unspecified atom stereocenters. The maximum Gasteiger partial charge on any atom is 0.229 e. The third-order valence-corrected chi connectivity index (χ3v) is 3.05. The van der Waals surface area contributed by atoms with Crippen molar-refractivity contribution in [3.63, 3.8) is 0 Å². The molecule has 0 amide bonds. The summed E-state index contributed by atoms with van der Waals surface area (Å²) in [5, 5.41) is 0.962. The van der Waals surface area contributed by atoms with Crippen molar-refractivity contribution in [2.75, 3.05) is 11.0 Å². The van der Waals surface area contributed by atoms with Gasteiger partial charge in [-0.25, -0.2) is 8.42 Å². The molecule has 0 fully saturated rings. The first kappa shape index (κ1) is 11.9. The highest BCUT2D eigenvalue weighted by atomic mass is 32.2. The summed E-state index contributed by atoms with van der Waals surface area (Å²) in [5.41, 5.74) is 3.48. The molecule has 1 N–H and O–H groups in total. The minimum atomic E-state index is -3.24. The first-order chi connectivity index (χ1) is 7.85. The topological polar surface area (TPSA) is 59.1 Å². The predicted molar refractivity (Wildman–Crippen MR) is 69.7 cm³/mol. The summed E-state index contributed by atoms with van der Waals surface area (Å²) in [6.45, 7) is 3.93. The Morgan fingerprint density at radius 3 is 2.53 bits per heavy atom. The number of fused-ring (bicyclic) bond motifs is 1. The van der Waals surface area contributed by atoms with Gasteiger partial charge in [-0.1, -0.05) is 0 Å². The van der Waals surface area contributed by atoms with Crippen molar-refractivity contribution in [3.8, 4) is 0 Å². The summed E-state index contributed by atoms with van der Waals surface area (Å²) in [7, 11) is -3.24. The molecule has 2 rings (SSSR count). The third-order valence-electron chi connectivity index (χ3n) is 2.45. The van der Waals surface area contributed by atoms with Crippen LogP contribution >= 0.6 is 0 Å². The Balaban J connectivity index is 2.58. The van der Waals surface area contributed by atoms with Gasteiger partial charge in [-0.2, -0.15) is 0 Å². The highest BCUT2D eigenvalue weighted by Crippen LogP contribution is 2.22. The van der Waals surface area contributed by atoms with E-state index in [0.29, 0.717) is 5.69 Å². The lowest BCUT2D eigenvalue weighted by atomic mass is 10.1. The molecule has 1 aromatic carbocycles. The smallest absolute Gasteiger partial charge is 0.229 e. The highest BCUT2D eigenvalue weighted by molar-refractivity contribution is 7.92. The molecule has 1 heterocycles. The van der Waals surface area contributed by atoms with E-state index in [-0.39, 0.29) is 0 Å². The molecular formula is C12H14N2O2S. The minimum absolute atomic E-state index is 0.564. The van der Waals surface area contributed by atoms with Gasteiger partial charge in [0, 0.05) is 16.8 Å². The number of hydrogen-bond acceptors (Lipinski definition) is 3. The van der Waals surface area contributed by atoms with Crippen molar-refractivity contribution >= 4 is 26.6 Å². The van der Waals surface area contributed by atoms with E-state index in [1.54, 1.807) is 12.1 Å². The molecule has 0 saturated heterocycles. The van der Waals surface area contributed by atoms with Gasteiger partial charge in [0.25, 0.3) is 0 Å². The maximum absolute atomic E-state index is 11.1. The van der Waals surface area contributed by atoms with E-state index < -0.39 is 10.0 Å². The van der Waals surface area contributed by atoms with Crippen LogP contribution in [0, 0.1) is 13.8 Å². The number of aryl methyl sites for hydroxylation is 2. The average Bonchev–Trinajstić information content (AvgIpc) is 2.16. The molecular weight excluding hydrogens is 236 g/mol. The van der Waals surface area contributed by atoms with Gasteiger partial charge < -0.3 is 0 Å². The molecule has 2 aromatic rings. The third kappa shape index (κ3) is 2.74. The summed E-state index contributed by atoms with van der Waals surface area (Å²) < 4.78 is 24.8. The van der Waals surface area contributed by atoms with Gasteiger partial charge in [-0.15, -0.1) is 0 Å². The van der Waals surface area contributed by atoms with E-state index in [2.05, 4.69) is 9.71 Å². The van der Waals surface area contributed by atoms with Gasteiger partial charge in [-0.05, 0) is 43.7 Å². The molecule has 0 bridgehead atoms. The average molecular weight is 250 g/mol. The van der Waals surface area contributed by atoms with E-state index in [1.807, 2.05) is 26.0 Å². The molecule has 0 saturated carbocycles. The first-order valence-corrected chi connectivity index (χ1v) is 7.10. The normalized spacial score (nSPS) is 11.7. The van der Waals surface area contributed by atoms with E-state index in [9.17, 15) is 8.42 Å². The minimum Gasteiger partial charge on any atom is -0.284 e. The van der Waals surface area contributed by atoms with Crippen LogP contribution in [0.15, 0.2) is 24.3 Å². The molecule has 17 heavy (non-hydrogen) atoms. The van der Waals surface area contributed by atoms with Gasteiger partial charge in [-0.3, -0.25) is 9.71 Å². The molecule has 0 aliphatic rings. The second-order valence-electron chi connectivity index (χ2n) is 4.19. The number of pyridine rings is 1. The van der Waals surface area contributed by atoms with Crippen molar-refractivity contribution in [1.82, 2.24) is 4.98 Å². The maximum atomic E-state index is 11.1. The van der Waals surface area contributed by atoms with Gasteiger partial charge >= 0.3 is 0 Å². The van der Waals surface area contributed by atoms with Crippen molar-refractivity contribution in [3.05, 3.63) is 35.5 Å². The van der Waals surface area contributed by atoms with E-state index in [0.717, 1.165) is 28.4 Å². The summed E-state index contributed by atoms with van der Waals surface area (Å²) >= 11 is 0. The zero-order chi connectivity index (χ0) is 12.6.